The molecule has 2 aromatic heterocycles. The summed E-state index contributed by atoms with van der Waals surface area (Å²) < 4.78 is 57.7. The van der Waals surface area contributed by atoms with Gasteiger partial charge in [0.05, 0.1) is 27.4 Å². The Bertz CT molecular complexity index is 1550. The van der Waals surface area contributed by atoms with Crippen LogP contribution < -0.4 is 149 Å². The van der Waals surface area contributed by atoms with Crippen LogP contribution in [-0.2, 0) is 42.9 Å². The number of aromatic amines is 1. The molecule has 0 radical (unpaired) electrons. The van der Waals surface area contributed by atoms with Gasteiger partial charge in [0.2, 0.25) is 5.95 Å². The van der Waals surface area contributed by atoms with E-state index in [-0.39, 0.29) is 142 Å². The molecular weight excluding hydrogens is 683 g/mol. The Morgan fingerprint density at radius 2 is 1.65 bits per heavy atom. The molecule has 0 aliphatic carbocycles. The summed E-state index contributed by atoms with van der Waals surface area (Å²) in [5.41, 5.74) is 5.31. The third kappa shape index (κ3) is 12.6. The number of aromatic nitrogens is 4. The van der Waals surface area contributed by atoms with Crippen LogP contribution in [0.2, 0.25) is 0 Å². The van der Waals surface area contributed by atoms with Gasteiger partial charge in [-0.05, 0) is 5.56 Å². The predicted molar refractivity (Wildman–Crippen MR) is 118 cm³/mol. The molecule has 4 rings (SSSR count). The molecule has 0 amide bonds. The molecule has 1 aliphatic rings. The van der Waals surface area contributed by atoms with Crippen molar-refractivity contribution in [3.05, 3.63) is 52.6 Å². The topological polar surface area (TPSA) is 299 Å². The van der Waals surface area contributed by atoms with Crippen LogP contribution in [0.3, 0.4) is 0 Å². The Balaban J connectivity index is 0.00000441. The van der Waals surface area contributed by atoms with E-state index in [2.05, 4.69) is 28.1 Å². The second-order valence-corrected chi connectivity index (χ2v) is 12.1. The van der Waals surface area contributed by atoms with Crippen molar-refractivity contribution in [2.24, 2.45) is 0 Å². The number of aliphatic hydroxyl groups excluding tert-OH is 1. The minimum atomic E-state index is -6.19. The van der Waals surface area contributed by atoms with E-state index in [0.29, 0.717) is 5.56 Å². The molecule has 6 atom stereocenters. The van der Waals surface area contributed by atoms with Crippen LogP contribution in [0, 0.1) is 0 Å². The van der Waals surface area contributed by atoms with Crippen molar-refractivity contribution < 1.29 is 179 Å². The van der Waals surface area contributed by atoms with Gasteiger partial charge in [0, 0.05) is 0 Å². The fourth-order valence-electron chi connectivity index (χ4n) is 3.63. The third-order valence-corrected chi connectivity index (χ3v) is 8.78. The first kappa shape index (κ1) is 44.7. The number of H-pyrrole nitrogens is 1. The maximum atomic E-state index is 12.1. The SMILES string of the molecule is Nc1nc2c(ncn2[C@@H]2O[C@H](COP(=O)([O-])OP(=O)([O-])OP(=O)([O-])[O-])[C@@H](OCc3ccccc3)[C@H]2O)c(=O)[nH]1.[Na+].[Na+].[Na+].[Na+]. The zero-order chi connectivity index (χ0) is 28.6. The van der Waals surface area contributed by atoms with Crippen LogP contribution in [0.5, 0.6) is 0 Å². The Hall–Kier alpha value is 1.66. The van der Waals surface area contributed by atoms with Crippen LogP contribution in [0.1, 0.15) is 11.8 Å². The number of ether oxygens (including phenoxy) is 2. The van der Waals surface area contributed by atoms with Crippen molar-refractivity contribution in [2.75, 3.05) is 12.3 Å². The Morgan fingerprint density at radius 1 is 1.02 bits per heavy atom. The van der Waals surface area contributed by atoms with Crippen molar-refractivity contribution in [1.29, 1.82) is 0 Å². The maximum Gasteiger partial charge on any atom is 1.00 e. The molecule has 1 aliphatic heterocycles. The van der Waals surface area contributed by atoms with E-state index >= 15 is 0 Å². The molecule has 214 valence electrons. The number of anilines is 1. The van der Waals surface area contributed by atoms with Crippen LogP contribution in [0.15, 0.2) is 41.5 Å². The fraction of sp³-hybridized carbons (Fsp3) is 0.353. The average molecular weight is 701 g/mol. The number of phosphoric acid groups is 3. The van der Waals surface area contributed by atoms with E-state index in [1.54, 1.807) is 30.3 Å². The van der Waals surface area contributed by atoms with Gasteiger partial charge in [-0.25, -0.2) is 9.29 Å². The first-order valence-corrected chi connectivity index (χ1v) is 14.9. The predicted octanol–water partition coefficient (Wildman–Crippen LogP) is -14.6. The standard InChI is InChI=1S/C17H22N5O14P3.4Na/c18-17-20-14-11(15(24)21-17)19-8-22(14)16-12(23)13(32-6-9-4-2-1-3-5-9)10(34-16)7-33-38(28,29)36-39(30,31)35-37(25,26)27;;;;/h1-5,8,10,12-13,16,23H,6-7H2,(H,28,29)(H,30,31)(H2,25,26,27)(H3,18,20,21,24);;;;/q;4*+1/p-4/t10-,12-,13-,16-;;;;/m1..../s1. The second kappa shape index (κ2) is 18.4. The molecule has 0 saturated carbocycles. The van der Waals surface area contributed by atoms with Gasteiger partial charge in [0.1, 0.15) is 18.3 Å². The molecule has 26 heteroatoms. The number of nitrogens with one attached hydrogen (secondary N) is 1. The van der Waals surface area contributed by atoms with Crippen molar-refractivity contribution in [3.8, 4) is 0 Å². The quantitative estimate of drug-likeness (QED) is 0.123. The van der Waals surface area contributed by atoms with Crippen molar-refractivity contribution in [1.82, 2.24) is 19.5 Å². The van der Waals surface area contributed by atoms with Crippen molar-refractivity contribution in [3.63, 3.8) is 0 Å². The molecule has 43 heavy (non-hydrogen) atoms. The molecule has 0 spiro atoms. The summed E-state index contributed by atoms with van der Waals surface area (Å²) >= 11 is 0. The van der Waals surface area contributed by atoms with Crippen LogP contribution in [-0.4, -0.2) is 49.5 Å². The van der Waals surface area contributed by atoms with E-state index in [1.165, 1.54) is 0 Å². The Kier molecular flexibility index (Phi) is 19.1. The number of nitrogens with two attached hydrogens (primary N) is 1. The van der Waals surface area contributed by atoms with E-state index < -0.39 is 60.2 Å². The minimum Gasteiger partial charge on any atom is -0.790 e. The van der Waals surface area contributed by atoms with E-state index in [9.17, 15) is 43.2 Å². The van der Waals surface area contributed by atoms with Gasteiger partial charge in [0.15, 0.2) is 17.4 Å². The molecule has 1 saturated heterocycles. The van der Waals surface area contributed by atoms with Crippen molar-refractivity contribution >= 4 is 40.6 Å². The van der Waals surface area contributed by atoms with Gasteiger partial charge >= 0.3 is 118 Å². The maximum absolute atomic E-state index is 12.1. The Morgan fingerprint density at radius 3 is 2.26 bits per heavy atom. The summed E-state index contributed by atoms with van der Waals surface area (Å²) in [4.78, 5) is 66.7. The number of benzene rings is 1. The normalized spacial score (nSPS) is 22.6. The van der Waals surface area contributed by atoms with Gasteiger partial charge in [0.25, 0.3) is 21.2 Å². The van der Waals surface area contributed by atoms with Gasteiger partial charge in [-0.2, -0.15) is 4.98 Å². The van der Waals surface area contributed by atoms with Gasteiger partial charge in [-0.3, -0.25) is 27.8 Å². The number of hydrogen-bond donors (Lipinski definition) is 3. The summed E-state index contributed by atoms with van der Waals surface area (Å²) in [6.45, 7) is -1.12. The number of rotatable bonds is 11. The summed E-state index contributed by atoms with van der Waals surface area (Å²) in [5, 5.41) is 11.0. The van der Waals surface area contributed by atoms with E-state index in [0.717, 1.165) is 10.9 Å². The van der Waals surface area contributed by atoms with Crippen molar-refractivity contribution in [2.45, 2.75) is 31.1 Å². The third-order valence-electron chi connectivity index (χ3n) is 5.12. The van der Waals surface area contributed by atoms with E-state index in [1.807, 2.05) is 0 Å². The second-order valence-electron chi connectivity index (χ2n) is 7.89. The number of nitrogens with zero attached hydrogens (tertiary/aromatic N) is 3. The largest absolute Gasteiger partial charge is 1.00 e. The van der Waals surface area contributed by atoms with Crippen LogP contribution >= 0.6 is 23.5 Å². The fourth-order valence-corrected chi connectivity index (χ4v) is 6.50. The first-order chi connectivity index (χ1) is 18.1. The number of nitrogen functional groups attached to an aromatic ring is 1. The van der Waals surface area contributed by atoms with Gasteiger partial charge in [-0.15, -0.1) is 0 Å². The molecule has 3 heterocycles. The zero-order valence-corrected chi connectivity index (χ0v) is 33.9. The molecule has 2 unspecified atom stereocenters. The zero-order valence-electron chi connectivity index (χ0n) is 23.2. The summed E-state index contributed by atoms with van der Waals surface area (Å²) in [7, 11) is -18.2. The Labute approximate surface area is 331 Å². The molecule has 4 N–H and O–H groups in total. The van der Waals surface area contributed by atoms with Gasteiger partial charge in [-0.1, -0.05) is 30.3 Å². The number of fused-ring (bicyclic) bond motifs is 1. The molecule has 1 aromatic carbocycles. The van der Waals surface area contributed by atoms with Gasteiger partial charge < -0.3 is 49.0 Å². The first-order valence-electron chi connectivity index (χ1n) is 10.6. The summed E-state index contributed by atoms with van der Waals surface area (Å²) in [6, 6.07) is 8.57. The van der Waals surface area contributed by atoms with Crippen LogP contribution in [0.4, 0.5) is 5.95 Å². The number of hydrogen-bond acceptors (Lipinski definition) is 17. The number of imidazole rings is 1. The molecule has 3 aromatic rings. The summed E-state index contributed by atoms with van der Waals surface area (Å²) in [5.74, 6) is -0.270. The molecule has 1 fully saturated rings. The summed E-state index contributed by atoms with van der Waals surface area (Å²) in [6.07, 6.45) is -4.60. The van der Waals surface area contributed by atoms with Crippen LogP contribution in [0.25, 0.3) is 11.2 Å². The van der Waals surface area contributed by atoms with E-state index in [4.69, 9.17) is 15.2 Å². The smallest absolute Gasteiger partial charge is 0.790 e. The number of phosphoric ester groups is 1. The molecule has 19 nitrogen and oxygen atoms in total. The minimum absolute atomic E-state index is 0. The number of aliphatic hydroxyl groups is 1. The monoisotopic (exact) mass is 701 g/mol. The molecule has 0 bridgehead atoms. The molecular formula is C17H18N5Na4O14P3. The average Bonchev–Trinajstić information content (AvgIpc) is 3.35.